The summed E-state index contributed by atoms with van der Waals surface area (Å²) in [6, 6.07) is 11.3. The number of methoxy groups -OCH3 is 1. The maximum absolute atomic E-state index is 11.2. The third kappa shape index (κ3) is 2.23. The number of hydrogen-bond acceptors (Lipinski definition) is 5. The highest BCUT2D eigenvalue weighted by Crippen LogP contribution is 2.27. The zero-order valence-electron chi connectivity index (χ0n) is 12.6. The largest absolute Gasteiger partial charge is 0.481 e. The van der Waals surface area contributed by atoms with Crippen LogP contribution in [-0.2, 0) is 0 Å². The summed E-state index contributed by atoms with van der Waals surface area (Å²) in [6.45, 7) is 0. The van der Waals surface area contributed by atoms with Gasteiger partial charge < -0.3 is 9.84 Å². The standard InChI is InChI=1S/C17H12N4O3/c1-24-14-5-3-10-6-9(2-4-13(10)19-14)11-7-12-15(17(22)23)20-21-16(12)18-8-11/h2-8H,1H3,(H,22,23)(H,18,20,21). The van der Waals surface area contributed by atoms with Gasteiger partial charge in [-0.15, -0.1) is 0 Å². The highest BCUT2D eigenvalue weighted by molar-refractivity contribution is 6.01. The number of carboxylic acid groups (broad SMARTS) is 1. The Morgan fingerprint density at radius 3 is 2.83 bits per heavy atom. The molecule has 0 aliphatic rings. The van der Waals surface area contributed by atoms with Crippen LogP contribution in [0.2, 0.25) is 0 Å². The summed E-state index contributed by atoms with van der Waals surface area (Å²) in [5.74, 6) is -0.505. The van der Waals surface area contributed by atoms with E-state index in [0.29, 0.717) is 16.9 Å². The van der Waals surface area contributed by atoms with Crippen molar-refractivity contribution >= 4 is 27.9 Å². The molecule has 7 nitrogen and oxygen atoms in total. The average Bonchev–Trinajstić information content (AvgIpc) is 3.04. The number of H-pyrrole nitrogens is 1. The molecule has 3 heterocycles. The van der Waals surface area contributed by atoms with Crippen molar-refractivity contribution in [3.05, 3.63) is 48.3 Å². The highest BCUT2D eigenvalue weighted by atomic mass is 16.5. The average molecular weight is 320 g/mol. The van der Waals surface area contributed by atoms with Gasteiger partial charge in [-0.1, -0.05) is 6.07 Å². The number of nitrogens with zero attached hydrogens (tertiary/aromatic N) is 3. The fraction of sp³-hybridized carbons (Fsp3) is 0.0588. The van der Waals surface area contributed by atoms with Gasteiger partial charge in [0.25, 0.3) is 0 Å². The summed E-state index contributed by atoms with van der Waals surface area (Å²) in [4.78, 5) is 19.8. The Kier molecular flexibility index (Phi) is 3.13. The van der Waals surface area contributed by atoms with E-state index in [9.17, 15) is 9.90 Å². The second-order valence-electron chi connectivity index (χ2n) is 5.26. The monoisotopic (exact) mass is 320 g/mol. The number of benzene rings is 1. The predicted octanol–water partition coefficient (Wildman–Crippen LogP) is 2.88. The molecule has 1 aromatic carbocycles. The number of hydrogen-bond donors (Lipinski definition) is 2. The van der Waals surface area contributed by atoms with Crippen LogP contribution in [0.5, 0.6) is 5.88 Å². The Hall–Kier alpha value is -3.48. The molecule has 118 valence electrons. The van der Waals surface area contributed by atoms with Crippen molar-refractivity contribution in [2.75, 3.05) is 7.11 Å². The van der Waals surface area contributed by atoms with Crippen LogP contribution in [0.15, 0.2) is 42.6 Å². The summed E-state index contributed by atoms with van der Waals surface area (Å²) in [5, 5.41) is 17.0. The SMILES string of the molecule is COc1ccc2cc(-c3cnc4n[nH]c(C(=O)O)c4c3)ccc2n1. The first kappa shape index (κ1) is 14.1. The normalized spacial score (nSPS) is 11.0. The van der Waals surface area contributed by atoms with Gasteiger partial charge >= 0.3 is 5.97 Å². The predicted molar refractivity (Wildman–Crippen MR) is 88.1 cm³/mol. The van der Waals surface area contributed by atoms with Crippen LogP contribution in [0.25, 0.3) is 33.1 Å². The number of rotatable bonds is 3. The number of carbonyl (C=O) groups is 1. The first-order chi connectivity index (χ1) is 11.7. The van der Waals surface area contributed by atoms with E-state index in [1.807, 2.05) is 24.3 Å². The molecule has 0 saturated heterocycles. The van der Waals surface area contributed by atoms with Gasteiger partial charge in [0.2, 0.25) is 5.88 Å². The van der Waals surface area contributed by atoms with E-state index >= 15 is 0 Å². The molecule has 4 rings (SSSR count). The lowest BCUT2D eigenvalue weighted by atomic mass is 10.0. The third-order valence-corrected chi connectivity index (χ3v) is 3.83. The molecule has 0 amide bonds. The topological polar surface area (TPSA) is 101 Å². The molecule has 3 aromatic heterocycles. The zero-order valence-corrected chi connectivity index (χ0v) is 12.6. The Morgan fingerprint density at radius 1 is 1.17 bits per heavy atom. The molecule has 24 heavy (non-hydrogen) atoms. The first-order valence-corrected chi connectivity index (χ1v) is 7.18. The lowest BCUT2D eigenvalue weighted by Crippen LogP contribution is -1.97. The fourth-order valence-electron chi connectivity index (χ4n) is 2.62. The van der Waals surface area contributed by atoms with Gasteiger partial charge in [-0.2, -0.15) is 5.10 Å². The summed E-state index contributed by atoms with van der Waals surface area (Å²) in [5.41, 5.74) is 2.96. The molecule has 0 saturated carbocycles. The summed E-state index contributed by atoms with van der Waals surface area (Å²) in [7, 11) is 1.58. The highest BCUT2D eigenvalue weighted by Gasteiger charge is 2.14. The number of aromatic carboxylic acids is 1. The van der Waals surface area contributed by atoms with Crippen LogP contribution in [0.3, 0.4) is 0 Å². The number of fused-ring (bicyclic) bond motifs is 2. The van der Waals surface area contributed by atoms with Crippen molar-refractivity contribution in [3.8, 4) is 17.0 Å². The third-order valence-electron chi connectivity index (χ3n) is 3.83. The summed E-state index contributed by atoms with van der Waals surface area (Å²) < 4.78 is 5.12. The van der Waals surface area contributed by atoms with Gasteiger partial charge in [0, 0.05) is 23.2 Å². The zero-order chi connectivity index (χ0) is 16.7. The van der Waals surface area contributed by atoms with Crippen LogP contribution in [0.1, 0.15) is 10.5 Å². The maximum Gasteiger partial charge on any atom is 0.354 e. The molecular weight excluding hydrogens is 308 g/mol. The number of pyridine rings is 2. The summed E-state index contributed by atoms with van der Waals surface area (Å²) >= 11 is 0. The Labute approximate surface area is 135 Å². The molecule has 0 fully saturated rings. The second-order valence-corrected chi connectivity index (χ2v) is 5.26. The molecule has 0 radical (unpaired) electrons. The van der Waals surface area contributed by atoms with Gasteiger partial charge in [0.05, 0.1) is 18.0 Å². The number of nitrogens with one attached hydrogen (secondary N) is 1. The van der Waals surface area contributed by atoms with Gasteiger partial charge in [0.1, 0.15) is 0 Å². The minimum absolute atomic E-state index is 0.0338. The van der Waals surface area contributed by atoms with Crippen LogP contribution in [0.4, 0.5) is 0 Å². The molecule has 2 N–H and O–H groups in total. The minimum Gasteiger partial charge on any atom is -0.481 e. The van der Waals surface area contributed by atoms with E-state index in [2.05, 4.69) is 20.2 Å². The quantitative estimate of drug-likeness (QED) is 0.602. The lowest BCUT2D eigenvalue weighted by Gasteiger charge is -2.05. The van der Waals surface area contributed by atoms with Crippen molar-refractivity contribution in [1.82, 2.24) is 20.2 Å². The van der Waals surface area contributed by atoms with Crippen LogP contribution >= 0.6 is 0 Å². The molecule has 7 heteroatoms. The van der Waals surface area contributed by atoms with Crippen molar-refractivity contribution in [1.29, 1.82) is 0 Å². The van der Waals surface area contributed by atoms with Crippen molar-refractivity contribution in [2.45, 2.75) is 0 Å². The fourth-order valence-corrected chi connectivity index (χ4v) is 2.62. The summed E-state index contributed by atoms with van der Waals surface area (Å²) in [6.07, 6.45) is 1.67. The minimum atomic E-state index is -1.06. The molecular formula is C17H12N4O3. The number of ether oxygens (including phenoxy) is 1. The molecule has 0 aliphatic heterocycles. The van der Waals surface area contributed by atoms with E-state index in [0.717, 1.165) is 22.0 Å². The van der Waals surface area contributed by atoms with Gasteiger partial charge in [-0.3, -0.25) is 5.10 Å². The Morgan fingerprint density at radius 2 is 2.04 bits per heavy atom. The van der Waals surface area contributed by atoms with E-state index in [1.165, 1.54) is 0 Å². The Bertz CT molecular complexity index is 1090. The van der Waals surface area contributed by atoms with Crippen LogP contribution in [-0.4, -0.2) is 38.4 Å². The molecule has 0 spiro atoms. The maximum atomic E-state index is 11.2. The number of aromatic nitrogens is 4. The van der Waals surface area contributed by atoms with Gasteiger partial charge in [-0.25, -0.2) is 14.8 Å². The molecule has 4 aromatic rings. The van der Waals surface area contributed by atoms with E-state index in [1.54, 1.807) is 25.4 Å². The lowest BCUT2D eigenvalue weighted by molar-refractivity contribution is 0.0692. The Balaban J connectivity index is 1.85. The first-order valence-electron chi connectivity index (χ1n) is 7.18. The van der Waals surface area contributed by atoms with Crippen molar-refractivity contribution < 1.29 is 14.6 Å². The van der Waals surface area contributed by atoms with Crippen molar-refractivity contribution in [2.24, 2.45) is 0 Å². The molecule has 0 aliphatic carbocycles. The van der Waals surface area contributed by atoms with Crippen LogP contribution < -0.4 is 4.74 Å². The van der Waals surface area contributed by atoms with E-state index in [4.69, 9.17) is 4.74 Å². The molecule has 0 bridgehead atoms. The molecule has 0 unspecified atom stereocenters. The van der Waals surface area contributed by atoms with Gasteiger partial charge in [0.15, 0.2) is 11.3 Å². The smallest absolute Gasteiger partial charge is 0.354 e. The van der Waals surface area contributed by atoms with Crippen LogP contribution in [0, 0.1) is 0 Å². The van der Waals surface area contributed by atoms with E-state index < -0.39 is 5.97 Å². The van der Waals surface area contributed by atoms with E-state index in [-0.39, 0.29) is 5.69 Å². The number of aromatic amines is 1. The number of carboxylic acids is 1. The molecule has 0 atom stereocenters. The second kappa shape index (κ2) is 5.31. The van der Waals surface area contributed by atoms with Crippen molar-refractivity contribution in [3.63, 3.8) is 0 Å². The van der Waals surface area contributed by atoms with Gasteiger partial charge in [-0.05, 0) is 29.8 Å².